The fourth-order valence-corrected chi connectivity index (χ4v) is 1.32. The zero-order valence-electron chi connectivity index (χ0n) is 11.7. The van der Waals surface area contributed by atoms with Gasteiger partial charge in [0.25, 0.3) is 0 Å². The summed E-state index contributed by atoms with van der Waals surface area (Å²) in [6.07, 6.45) is 2.80. The zero-order chi connectivity index (χ0) is 14.1. The summed E-state index contributed by atoms with van der Waals surface area (Å²) in [5.41, 5.74) is 0. The lowest BCUT2D eigenvalue weighted by Crippen LogP contribution is -2.43. The molecule has 0 bridgehead atoms. The van der Waals surface area contributed by atoms with Gasteiger partial charge in [0.2, 0.25) is 0 Å². The number of ether oxygens (including phenoxy) is 2. The number of nitrogens with one attached hydrogen (secondary N) is 1. The summed E-state index contributed by atoms with van der Waals surface area (Å²) in [7, 11) is 1.32. The number of carbonyl (C=O) groups excluding carboxylic acids is 2. The van der Waals surface area contributed by atoms with Gasteiger partial charge in [-0.15, -0.1) is 0 Å². The Hall–Kier alpha value is -1.36. The van der Waals surface area contributed by atoms with Gasteiger partial charge in [-0.1, -0.05) is 19.9 Å². The molecule has 0 saturated carbocycles. The van der Waals surface area contributed by atoms with Gasteiger partial charge in [-0.25, -0.2) is 4.79 Å². The Morgan fingerprint density at radius 3 is 2.28 bits per heavy atom. The molecule has 1 atom stereocenters. The van der Waals surface area contributed by atoms with E-state index in [0.717, 1.165) is 0 Å². The maximum absolute atomic E-state index is 11.8. The van der Waals surface area contributed by atoms with Crippen LogP contribution in [0.15, 0.2) is 12.2 Å². The van der Waals surface area contributed by atoms with E-state index < -0.39 is 5.97 Å². The molecule has 0 aliphatic rings. The summed E-state index contributed by atoms with van der Waals surface area (Å²) in [6.45, 7) is 7.90. The standard InChI is InChI=1S/C13H23NO4/c1-9(2)12(13(16)18-10(3)4)14-8-6-7-11(15)17-5/h6-7,9-10,12,14H,8H2,1-5H3/t12-/m0/s1. The summed E-state index contributed by atoms with van der Waals surface area (Å²) in [5, 5.41) is 3.03. The number of hydrogen-bond acceptors (Lipinski definition) is 5. The van der Waals surface area contributed by atoms with Crippen LogP contribution in [0.3, 0.4) is 0 Å². The molecular formula is C13H23NO4. The quantitative estimate of drug-likeness (QED) is 0.550. The molecule has 0 amide bonds. The molecule has 5 nitrogen and oxygen atoms in total. The first kappa shape index (κ1) is 16.6. The van der Waals surface area contributed by atoms with Crippen LogP contribution < -0.4 is 5.32 Å². The fraction of sp³-hybridized carbons (Fsp3) is 0.692. The summed E-state index contributed by atoms with van der Waals surface area (Å²) in [6, 6.07) is -0.380. The van der Waals surface area contributed by atoms with Gasteiger partial charge in [-0.2, -0.15) is 0 Å². The van der Waals surface area contributed by atoms with Crippen molar-refractivity contribution in [3.63, 3.8) is 0 Å². The second kappa shape index (κ2) is 8.69. The van der Waals surface area contributed by atoms with E-state index in [9.17, 15) is 9.59 Å². The predicted octanol–water partition coefficient (Wildman–Crippen LogP) is 1.28. The molecule has 0 aromatic rings. The molecule has 0 fully saturated rings. The minimum Gasteiger partial charge on any atom is -0.466 e. The molecule has 0 saturated heterocycles. The Morgan fingerprint density at radius 1 is 1.22 bits per heavy atom. The second-order valence-electron chi connectivity index (χ2n) is 4.54. The van der Waals surface area contributed by atoms with Crippen molar-refractivity contribution in [2.75, 3.05) is 13.7 Å². The van der Waals surface area contributed by atoms with E-state index in [4.69, 9.17) is 4.74 Å². The van der Waals surface area contributed by atoms with Gasteiger partial charge in [-0.05, 0) is 19.8 Å². The monoisotopic (exact) mass is 257 g/mol. The highest BCUT2D eigenvalue weighted by molar-refractivity contribution is 5.81. The van der Waals surface area contributed by atoms with Crippen molar-refractivity contribution in [1.29, 1.82) is 0 Å². The normalized spacial score (nSPS) is 13.1. The molecule has 0 aliphatic heterocycles. The molecule has 18 heavy (non-hydrogen) atoms. The van der Waals surface area contributed by atoms with Crippen molar-refractivity contribution < 1.29 is 19.1 Å². The zero-order valence-corrected chi connectivity index (χ0v) is 11.7. The molecule has 0 aromatic heterocycles. The minimum absolute atomic E-state index is 0.114. The minimum atomic E-state index is -0.414. The Bertz CT molecular complexity index is 297. The second-order valence-corrected chi connectivity index (χ2v) is 4.54. The van der Waals surface area contributed by atoms with Crippen molar-refractivity contribution in [2.45, 2.75) is 39.8 Å². The van der Waals surface area contributed by atoms with Crippen LogP contribution in [0.5, 0.6) is 0 Å². The average Bonchev–Trinajstić information content (AvgIpc) is 2.26. The molecule has 0 rings (SSSR count). The van der Waals surface area contributed by atoms with Crippen molar-refractivity contribution in [3.05, 3.63) is 12.2 Å². The molecule has 104 valence electrons. The highest BCUT2D eigenvalue weighted by atomic mass is 16.5. The van der Waals surface area contributed by atoms with E-state index in [-0.39, 0.29) is 24.0 Å². The molecule has 1 N–H and O–H groups in total. The van der Waals surface area contributed by atoms with Gasteiger partial charge < -0.3 is 14.8 Å². The van der Waals surface area contributed by atoms with Crippen molar-refractivity contribution in [2.24, 2.45) is 5.92 Å². The van der Waals surface area contributed by atoms with Crippen LogP contribution in [0.4, 0.5) is 0 Å². The van der Waals surface area contributed by atoms with E-state index in [1.807, 2.05) is 27.7 Å². The van der Waals surface area contributed by atoms with Crippen LogP contribution in [-0.2, 0) is 19.1 Å². The summed E-state index contributed by atoms with van der Waals surface area (Å²) >= 11 is 0. The topological polar surface area (TPSA) is 64.6 Å². The van der Waals surface area contributed by atoms with Gasteiger partial charge in [0, 0.05) is 12.6 Å². The summed E-state index contributed by atoms with van der Waals surface area (Å²) in [4.78, 5) is 22.6. The van der Waals surface area contributed by atoms with Crippen molar-refractivity contribution in [3.8, 4) is 0 Å². The number of rotatable bonds is 7. The molecule has 0 spiro atoms. The van der Waals surface area contributed by atoms with E-state index in [1.165, 1.54) is 13.2 Å². The lowest BCUT2D eigenvalue weighted by molar-refractivity contribution is -0.151. The first-order chi connectivity index (χ1) is 8.38. The maximum atomic E-state index is 11.8. The fourth-order valence-electron chi connectivity index (χ4n) is 1.32. The highest BCUT2D eigenvalue weighted by Crippen LogP contribution is 2.05. The van der Waals surface area contributed by atoms with Gasteiger partial charge in [0.05, 0.1) is 13.2 Å². The smallest absolute Gasteiger partial charge is 0.330 e. The SMILES string of the molecule is COC(=O)C=CCN[C@H](C(=O)OC(C)C)C(C)C. The van der Waals surface area contributed by atoms with Crippen molar-refractivity contribution >= 4 is 11.9 Å². The predicted molar refractivity (Wildman–Crippen MR) is 69.0 cm³/mol. The Kier molecular flexibility index (Phi) is 8.03. The van der Waals surface area contributed by atoms with E-state index in [1.54, 1.807) is 6.08 Å². The molecule has 0 radical (unpaired) electrons. The van der Waals surface area contributed by atoms with Crippen LogP contribution >= 0.6 is 0 Å². The van der Waals surface area contributed by atoms with Gasteiger partial charge >= 0.3 is 11.9 Å². The largest absolute Gasteiger partial charge is 0.466 e. The molecule has 0 unspecified atom stereocenters. The van der Waals surface area contributed by atoms with Crippen molar-refractivity contribution in [1.82, 2.24) is 5.32 Å². The van der Waals surface area contributed by atoms with Crippen LogP contribution in [-0.4, -0.2) is 37.7 Å². The summed E-state index contributed by atoms with van der Waals surface area (Å²) < 4.78 is 9.62. The van der Waals surface area contributed by atoms with E-state index in [2.05, 4.69) is 10.1 Å². The maximum Gasteiger partial charge on any atom is 0.330 e. The first-order valence-corrected chi connectivity index (χ1v) is 6.06. The van der Waals surface area contributed by atoms with Crippen LogP contribution in [0.25, 0.3) is 0 Å². The van der Waals surface area contributed by atoms with Crippen LogP contribution in [0, 0.1) is 5.92 Å². The van der Waals surface area contributed by atoms with Crippen LogP contribution in [0.2, 0.25) is 0 Å². The lowest BCUT2D eigenvalue weighted by atomic mass is 10.0. The number of esters is 2. The molecule has 0 aromatic carbocycles. The van der Waals surface area contributed by atoms with Crippen LogP contribution in [0.1, 0.15) is 27.7 Å². The van der Waals surface area contributed by atoms with E-state index >= 15 is 0 Å². The highest BCUT2D eigenvalue weighted by Gasteiger charge is 2.23. The summed E-state index contributed by atoms with van der Waals surface area (Å²) in [5.74, 6) is -0.572. The molecule has 0 heterocycles. The molecule has 5 heteroatoms. The third-order valence-corrected chi connectivity index (χ3v) is 2.18. The lowest BCUT2D eigenvalue weighted by Gasteiger charge is -2.21. The first-order valence-electron chi connectivity index (χ1n) is 6.06. The van der Waals surface area contributed by atoms with E-state index in [0.29, 0.717) is 6.54 Å². The average molecular weight is 257 g/mol. The third-order valence-electron chi connectivity index (χ3n) is 2.18. The number of methoxy groups -OCH3 is 1. The Labute approximate surface area is 109 Å². The van der Waals surface area contributed by atoms with Gasteiger partial charge in [0.1, 0.15) is 6.04 Å². The Balaban J connectivity index is 4.25. The number of hydrogen-bond donors (Lipinski definition) is 1. The number of carbonyl (C=O) groups is 2. The third kappa shape index (κ3) is 7.06. The Morgan fingerprint density at radius 2 is 1.83 bits per heavy atom. The van der Waals surface area contributed by atoms with Gasteiger partial charge in [-0.3, -0.25) is 4.79 Å². The molecule has 0 aliphatic carbocycles. The molecular weight excluding hydrogens is 234 g/mol. The van der Waals surface area contributed by atoms with Gasteiger partial charge in [0.15, 0.2) is 0 Å².